The Morgan fingerprint density at radius 2 is 1.80 bits per heavy atom. The number of fused-ring (bicyclic) bond motifs is 1. The third-order valence-corrected chi connectivity index (χ3v) is 7.57. The number of benzene rings is 2. The van der Waals surface area contributed by atoms with E-state index in [4.69, 9.17) is 4.42 Å². The maximum absolute atomic E-state index is 13.6. The monoisotopic (exact) mass is 502 g/mol. The van der Waals surface area contributed by atoms with E-state index in [-0.39, 0.29) is 28.6 Å². The van der Waals surface area contributed by atoms with Gasteiger partial charge in [0.25, 0.3) is 5.89 Å². The summed E-state index contributed by atoms with van der Waals surface area (Å²) >= 11 is 0. The van der Waals surface area contributed by atoms with Crippen molar-refractivity contribution in [2.75, 3.05) is 0 Å². The van der Waals surface area contributed by atoms with Gasteiger partial charge < -0.3 is 9.52 Å². The number of alkyl halides is 2. The second kappa shape index (κ2) is 8.87. The highest BCUT2D eigenvalue weighted by Crippen LogP contribution is 2.43. The fourth-order valence-electron chi connectivity index (χ4n) is 4.01. The quantitative estimate of drug-likeness (QED) is 0.421. The summed E-state index contributed by atoms with van der Waals surface area (Å²) in [5.74, 6) is -1.71. The van der Waals surface area contributed by atoms with Crippen LogP contribution in [0.3, 0.4) is 0 Å². The summed E-state index contributed by atoms with van der Waals surface area (Å²) in [7, 11) is -4.16. The van der Waals surface area contributed by atoms with Crippen LogP contribution in [0.4, 0.5) is 13.2 Å². The van der Waals surface area contributed by atoms with Crippen molar-refractivity contribution < 1.29 is 31.1 Å². The van der Waals surface area contributed by atoms with Gasteiger partial charge in [-0.2, -0.15) is 13.1 Å². The minimum Gasteiger partial charge on any atom is -0.415 e. The average molecular weight is 502 g/mol. The summed E-state index contributed by atoms with van der Waals surface area (Å²) in [5.41, 5.74) is 1.19. The van der Waals surface area contributed by atoms with Crippen LogP contribution >= 0.6 is 0 Å². The largest absolute Gasteiger partial charge is 0.415 e. The normalized spacial score (nSPS) is 16.8. The van der Waals surface area contributed by atoms with Crippen molar-refractivity contribution in [2.45, 2.75) is 30.0 Å². The molecule has 0 saturated carbocycles. The molecule has 1 N–H and O–H groups in total. The van der Waals surface area contributed by atoms with Gasteiger partial charge in [-0.3, -0.25) is 4.98 Å². The molecule has 0 amide bonds. The van der Waals surface area contributed by atoms with Crippen LogP contribution in [0.25, 0.3) is 11.5 Å². The van der Waals surface area contributed by atoms with Gasteiger partial charge >= 0.3 is 6.43 Å². The van der Waals surface area contributed by atoms with Gasteiger partial charge in [-0.25, -0.2) is 12.8 Å². The third kappa shape index (κ3) is 4.20. The van der Waals surface area contributed by atoms with Crippen LogP contribution in [-0.4, -0.2) is 33.0 Å². The first-order valence-corrected chi connectivity index (χ1v) is 11.8. The first-order valence-electron chi connectivity index (χ1n) is 10.4. The summed E-state index contributed by atoms with van der Waals surface area (Å²) < 4.78 is 72.4. The zero-order chi connectivity index (χ0) is 24.7. The lowest BCUT2D eigenvalue weighted by atomic mass is 9.98. The number of hydrogen-bond donors (Lipinski definition) is 1. The van der Waals surface area contributed by atoms with Crippen molar-refractivity contribution in [3.63, 3.8) is 0 Å². The van der Waals surface area contributed by atoms with Crippen LogP contribution in [-0.2, 0) is 16.6 Å². The summed E-state index contributed by atoms with van der Waals surface area (Å²) in [5, 5.41) is 18.0. The molecular weight excluding hydrogens is 485 g/mol. The van der Waals surface area contributed by atoms with Crippen molar-refractivity contribution in [1.82, 2.24) is 19.5 Å². The number of pyridine rings is 1. The van der Waals surface area contributed by atoms with E-state index in [2.05, 4.69) is 15.2 Å². The molecule has 0 bridgehead atoms. The summed E-state index contributed by atoms with van der Waals surface area (Å²) in [6.07, 6.45) is -3.43. The van der Waals surface area contributed by atoms with Gasteiger partial charge in [-0.05, 0) is 35.4 Å². The van der Waals surface area contributed by atoms with Gasteiger partial charge in [0.2, 0.25) is 15.9 Å². The van der Waals surface area contributed by atoms with Crippen LogP contribution in [0.2, 0.25) is 0 Å². The molecular formula is C23H17F3N4O4S. The number of rotatable bonds is 6. The van der Waals surface area contributed by atoms with E-state index >= 15 is 0 Å². The molecule has 2 aromatic heterocycles. The van der Waals surface area contributed by atoms with Crippen LogP contribution < -0.4 is 0 Å². The Morgan fingerprint density at radius 1 is 1.03 bits per heavy atom. The molecule has 1 aliphatic heterocycles. The predicted octanol–water partition coefficient (Wildman–Crippen LogP) is 4.19. The Kier molecular flexibility index (Phi) is 5.87. The Balaban J connectivity index is 1.56. The number of aromatic nitrogens is 3. The van der Waals surface area contributed by atoms with E-state index in [1.54, 1.807) is 30.3 Å². The Bertz CT molecular complexity index is 1460. The highest BCUT2D eigenvalue weighted by molar-refractivity contribution is 7.89. The van der Waals surface area contributed by atoms with E-state index in [9.17, 15) is 26.7 Å². The van der Waals surface area contributed by atoms with Gasteiger partial charge in [-0.1, -0.05) is 36.4 Å². The number of hydrogen-bond acceptors (Lipinski definition) is 7. The van der Waals surface area contributed by atoms with E-state index in [0.717, 1.165) is 16.6 Å². The van der Waals surface area contributed by atoms with Crippen LogP contribution in [0, 0.1) is 5.82 Å². The van der Waals surface area contributed by atoms with Crippen LogP contribution in [0.5, 0.6) is 0 Å². The van der Waals surface area contributed by atoms with Gasteiger partial charge in [0.15, 0.2) is 0 Å². The molecule has 180 valence electrons. The molecule has 12 heteroatoms. The molecule has 35 heavy (non-hydrogen) atoms. The smallest absolute Gasteiger partial charge is 0.314 e. The number of sulfonamides is 1. The molecule has 8 nitrogen and oxygen atoms in total. The second-order valence-corrected chi connectivity index (χ2v) is 9.68. The van der Waals surface area contributed by atoms with Gasteiger partial charge in [-0.15, -0.1) is 10.2 Å². The predicted molar refractivity (Wildman–Crippen MR) is 116 cm³/mol. The zero-order valence-electron chi connectivity index (χ0n) is 17.8. The Labute approximate surface area is 197 Å². The Morgan fingerprint density at radius 3 is 2.46 bits per heavy atom. The fraction of sp³-hybridized carbons (Fsp3) is 0.174. The van der Waals surface area contributed by atoms with Crippen molar-refractivity contribution in [2.24, 2.45) is 0 Å². The lowest BCUT2D eigenvalue weighted by molar-refractivity contribution is 0.0848. The van der Waals surface area contributed by atoms with Gasteiger partial charge in [0.1, 0.15) is 11.9 Å². The molecule has 5 rings (SSSR count). The molecule has 1 aliphatic rings. The van der Waals surface area contributed by atoms with Crippen LogP contribution in [0.15, 0.2) is 76.2 Å². The summed E-state index contributed by atoms with van der Waals surface area (Å²) in [4.78, 5) is 3.85. The summed E-state index contributed by atoms with van der Waals surface area (Å²) in [6.45, 7) is -0.0676. The maximum Gasteiger partial charge on any atom is 0.314 e. The molecule has 0 radical (unpaired) electrons. The molecule has 4 aromatic rings. The SMILES string of the molecule is O=S1(=O)c2cc(-c3nnc(C(F)F)o3)ccc2CN1C(c1ccccc1)C(O)c1ccc(F)cn1. The number of aliphatic hydroxyl groups is 1. The summed E-state index contributed by atoms with van der Waals surface area (Å²) in [6, 6.07) is 14.1. The van der Waals surface area contributed by atoms with E-state index in [0.29, 0.717) is 11.1 Å². The topological polar surface area (TPSA) is 109 Å². The lowest BCUT2D eigenvalue weighted by Crippen LogP contribution is -2.33. The standard InChI is InChI=1S/C23H17F3N4O4S/c24-16-8-9-17(27-11-16)20(31)19(13-4-2-1-3-5-13)30-12-15-7-6-14(10-18(15)35(30,32)33)22-28-29-23(34-22)21(25)26/h1-11,19-21,31H,12H2. The highest BCUT2D eigenvalue weighted by Gasteiger charge is 2.43. The van der Waals surface area contributed by atoms with E-state index < -0.39 is 40.3 Å². The number of nitrogens with zero attached hydrogens (tertiary/aromatic N) is 4. The number of halogens is 3. The minimum absolute atomic E-state index is 0.0676. The molecule has 0 spiro atoms. The first kappa shape index (κ1) is 23.1. The molecule has 0 saturated heterocycles. The maximum atomic E-state index is 13.6. The second-order valence-electron chi connectivity index (χ2n) is 7.82. The van der Waals surface area contributed by atoms with Crippen molar-refractivity contribution in [3.8, 4) is 11.5 Å². The zero-order valence-corrected chi connectivity index (χ0v) is 18.6. The van der Waals surface area contributed by atoms with Crippen LogP contribution in [0.1, 0.15) is 41.3 Å². The fourth-order valence-corrected chi connectivity index (χ4v) is 5.84. The molecule has 2 unspecified atom stereocenters. The van der Waals surface area contributed by atoms with Crippen molar-refractivity contribution in [3.05, 3.63) is 95.4 Å². The Hall–Kier alpha value is -3.61. The third-order valence-electron chi connectivity index (χ3n) is 5.66. The molecule has 0 aliphatic carbocycles. The number of aliphatic hydroxyl groups excluding tert-OH is 1. The lowest BCUT2D eigenvalue weighted by Gasteiger charge is -2.30. The van der Waals surface area contributed by atoms with Gasteiger partial charge in [0.05, 0.1) is 22.8 Å². The van der Waals surface area contributed by atoms with Crippen molar-refractivity contribution in [1.29, 1.82) is 0 Å². The minimum atomic E-state index is -4.16. The van der Waals surface area contributed by atoms with E-state index in [1.807, 2.05) is 0 Å². The molecule has 0 fully saturated rings. The highest BCUT2D eigenvalue weighted by atomic mass is 32.2. The molecule has 2 atom stereocenters. The molecule has 2 aromatic carbocycles. The average Bonchev–Trinajstić information content (AvgIpc) is 3.44. The molecule has 3 heterocycles. The van der Waals surface area contributed by atoms with E-state index in [1.165, 1.54) is 24.3 Å². The van der Waals surface area contributed by atoms with Gasteiger partial charge in [0, 0.05) is 12.1 Å². The van der Waals surface area contributed by atoms with Crippen molar-refractivity contribution >= 4 is 10.0 Å². The first-order chi connectivity index (χ1) is 16.8.